The van der Waals surface area contributed by atoms with Gasteiger partial charge in [-0.25, -0.2) is 0 Å². The molecule has 1 aromatic heterocycles. The molecule has 0 spiro atoms. The lowest BCUT2D eigenvalue weighted by Gasteiger charge is -2.07. The Balaban J connectivity index is 2.32. The Morgan fingerprint density at radius 2 is 2.28 bits per heavy atom. The van der Waals surface area contributed by atoms with Crippen molar-refractivity contribution in [2.45, 2.75) is 6.04 Å². The minimum absolute atomic E-state index is 0.00814. The number of ether oxygens (including phenoxy) is 1. The molecule has 6 nitrogen and oxygen atoms in total. The molecule has 0 bridgehead atoms. The van der Waals surface area contributed by atoms with Crippen LogP contribution >= 0.6 is 0 Å². The molecule has 0 saturated carbocycles. The molecule has 2 aromatic rings. The van der Waals surface area contributed by atoms with E-state index in [-0.39, 0.29) is 18.1 Å². The Bertz CT molecular complexity index is 627. The molecule has 2 rings (SSSR count). The number of benzene rings is 1. The highest BCUT2D eigenvalue weighted by atomic mass is 16.5. The maximum Gasteiger partial charge on any atom is 0.324 e. The largest absolute Gasteiger partial charge is 0.486 e. The highest BCUT2D eigenvalue weighted by molar-refractivity contribution is 5.86. The van der Waals surface area contributed by atoms with Gasteiger partial charge >= 0.3 is 5.97 Å². The number of rotatable bonds is 4. The van der Waals surface area contributed by atoms with E-state index in [0.29, 0.717) is 11.0 Å². The second-order valence-electron chi connectivity index (χ2n) is 3.62. The zero-order chi connectivity index (χ0) is 13.1. The van der Waals surface area contributed by atoms with E-state index in [2.05, 4.69) is 0 Å². The molecule has 0 saturated heterocycles. The number of carbonyl (C=O) groups is 1. The number of fused-ring (bicyclic) bond motifs is 1. The van der Waals surface area contributed by atoms with Crippen LogP contribution in [0, 0.1) is 11.3 Å². The molecule has 0 aliphatic carbocycles. The van der Waals surface area contributed by atoms with Crippen LogP contribution in [-0.4, -0.2) is 23.7 Å². The second kappa shape index (κ2) is 4.77. The van der Waals surface area contributed by atoms with Gasteiger partial charge in [0.15, 0.2) is 5.75 Å². The third-order valence-corrected chi connectivity index (χ3v) is 2.38. The van der Waals surface area contributed by atoms with Crippen molar-refractivity contribution in [2.75, 3.05) is 6.61 Å². The highest BCUT2D eigenvalue weighted by Crippen LogP contribution is 2.32. The number of nitrogens with zero attached hydrogens (tertiary/aromatic N) is 1. The molecule has 1 heterocycles. The maximum atomic E-state index is 10.6. The lowest BCUT2D eigenvalue weighted by molar-refractivity contribution is -0.139. The predicted octanol–water partition coefficient (Wildman–Crippen LogP) is 1.10. The first-order valence-electron chi connectivity index (χ1n) is 5.16. The summed E-state index contributed by atoms with van der Waals surface area (Å²) in [4.78, 5) is 10.6. The van der Waals surface area contributed by atoms with Crippen molar-refractivity contribution in [3.05, 3.63) is 30.0 Å². The van der Waals surface area contributed by atoms with Gasteiger partial charge in [0.25, 0.3) is 0 Å². The fraction of sp³-hybridized carbons (Fsp3) is 0.167. The highest BCUT2D eigenvalue weighted by Gasteiger charge is 2.18. The van der Waals surface area contributed by atoms with E-state index in [0.717, 1.165) is 0 Å². The number of hydrogen-bond acceptors (Lipinski definition) is 5. The van der Waals surface area contributed by atoms with Gasteiger partial charge < -0.3 is 20.0 Å². The lowest BCUT2D eigenvalue weighted by Crippen LogP contribution is -2.36. The predicted molar refractivity (Wildman–Crippen MR) is 62.0 cm³/mol. The van der Waals surface area contributed by atoms with Crippen molar-refractivity contribution in [2.24, 2.45) is 5.73 Å². The van der Waals surface area contributed by atoms with Gasteiger partial charge in [0.2, 0.25) is 5.76 Å². The van der Waals surface area contributed by atoms with Gasteiger partial charge in [-0.15, -0.1) is 0 Å². The van der Waals surface area contributed by atoms with E-state index >= 15 is 0 Å². The number of carboxylic acid groups (broad SMARTS) is 1. The summed E-state index contributed by atoms with van der Waals surface area (Å²) in [5, 5.41) is 18.2. The van der Waals surface area contributed by atoms with Crippen molar-refractivity contribution in [1.29, 1.82) is 5.26 Å². The quantitative estimate of drug-likeness (QED) is 0.835. The smallest absolute Gasteiger partial charge is 0.324 e. The minimum atomic E-state index is -1.17. The van der Waals surface area contributed by atoms with Crippen LogP contribution in [0.3, 0.4) is 0 Å². The van der Waals surface area contributed by atoms with E-state index < -0.39 is 12.0 Å². The molecular formula is C12H10N2O4. The first kappa shape index (κ1) is 12.0. The standard InChI is InChI=1S/C12H10N2O4/c13-5-10-11(17-6-8(14)12(15)16)7-3-1-2-4-9(7)18-10/h1-4,8H,6,14H2,(H,15,16). The number of furan rings is 1. The number of hydrogen-bond donors (Lipinski definition) is 2. The maximum absolute atomic E-state index is 10.6. The normalized spacial score (nSPS) is 12.0. The van der Waals surface area contributed by atoms with E-state index in [1.807, 2.05) is 6.07 Å². The summed E-state index contributed by atoms with van der Waals surface area (Å²) in [7, 11) is 0. The molecule has 0 radical (unpaired) electrons. The van der Waals surface area contributed by atoms with Crippen molar-refractivity contribution >= 4 is 16.9 Å². The van der Waals surface area contributed by atoms with Crippen LogP contribution in [0.25, 0.3) is 11.0 Å². The fourth-order valence-electron chi connectivity index (χ4n) is 1.48. The monoisotopic (exact) mass is 246 g/mol. The molecule has 92 valence electrons. The lowest BCUT2D eigenvalue weighted by atomic mass is 10.2. The molecule has 0 aliphatic heterocycles. The van der Waals surface area contributed by atoms with Crippen molar-refractivity contribution in [1.82, 2.24) is 0 Å². The first-order valence-corrected chi connectivity index (χ1v) is 5.16. The van der Waals surface area contributed by atoms with E-state index in [4.69, 9.17) is 25.3 Å². The summed E-state index contributed by atoms with van der Waals surface area (Å²) in [6.07, 6.45) is 0. The molecule has 1 aromatic carbocycles. The van der Waals surface area contributed by atoms with Crippen LogP contribution in [0.2, 0.25) is 0 Å². The second-order valence-corrected chi connectivity index (χ2v) is 3.62. The Kier molecular flexibility index (Phi) is 3.17. The molecule has 0 fully saturated rings. The number of para-hydroxylation sites is 1. The van der Waals surface area contributed by atoms with E-state index in [1.54, 1.807) is 24.3 Å². The van der Waals surface area contributed by atoms with Gasteiger partial charge in [-0.1, -0.05) is 12.1 Å². The van der Waals surface area contributed by atoms with Crippen LogP contribution in [0.1, 0.15) is 5.76 Å². The first-order chi connectivity index (χ1) is 8.63. The number of carboxylic acids is 1. The number of aliphatic carboxylic acids is 1. The molecule has 0 aliphatic rings. The summed E-state index contributed by atoms with van der Waals surface area (Å²) in [5.41, 5.74) is 5.84. The molecule has 18 heavy (non-hydrogen) atoms. The van der Waals surface area contributed by atoms with Gasteiger partial charge in [0, 0.05) is 0 Å². The average Bonchev–Trinajstić information content (AvgIpc) is 2.73. The molecule has 6 heteroatoms. The third-order valence-electron chi connectivity index (χ3n) is 2.38. The third kappa shape index (κ3) is 2.12. The van der Waals surface area contributed by atoms with E-state index in [9.17, 15) is 4.79 Å². The Morgan fingerprint density at radius 1 is 1.56 bits per heavy atom. The van der Waals surface area contributed by atoms with Crippen LogP contribution in [-0.2, 0) is 4.79 Å². The summed E-state index contributed by atoms with van der Waals surface area (Å²) >= 11 is 0. The van der Waals surface area contributed by atoms with E-state index in [1.165, 1.54) is 0 Å². The Morgan fingerprint density at radius 3 is 2.94 bits per heavy atom. The topological polar surface area (TPSA) is 109 Å². The van der Waals surface area contributed by atoms with Gasteiger partial charge in [-0.3, -0.25) is 4.79 Å². The number of nitriles is 1. The summed E-state index contributed by atoms with van der Waals surface area (Å²) in [5.74, 6) is -0.931. The van der Waals surface area contributed by atoms with Gasteiger partial charge in [0.05, 0.1) is 5.39 Å². The SMILES string of the molecule is N#Cc1oc2ccccc2c1OCC(N)C(=O)O. The van der Waals surface area contributed by atoms with Crippen molar-refractivity contribution < 1.29 is 19.1 Å². The molecule has 1 atom stereocenters. The van der Waals surface area contributed by atoms with Crippen LogP contribution in [0.4, 0.5) is 0 Å². The van der Waals surface area contributed by atoms with Crippen molar-refractivity contribution in [3.63, 3.8) is 0 Å². The van der Waals surface area contributed by atoms with Crippen molar-refractivity contribution in [3.8, 4) is 11.8 Å². The fourth-order valence-corrected chi connectivity index (χ4v) is 1.48. The molecule has 3 N–H and O–H groups in total. The Labute approximate surface area is 102 Å². The zero-order valence-electron chi connectivity index (χ0n) is 9.29. The summed E-state index contributed by atoms with van der Waals surface area (Å²) in [6, 6.07) is 7.66. The molecular weight excluding hydrogens is 236 g/mol. The zero-order valence-corrected chi connectivity index (χ0v) is 9.29. The van der Waals surface area contributed by atoms with Gasteiger partial charge in [-0.2, -0.15) is 5.26 Å². The van der Waals surface area contributed by atoms with Gasteiger partial charge in [0.1, 0.15) is 24.3 Å². The molecule has 1 unspecified atom stereocenters. The summed E-state index contributed by atoms with van der Waals surface area (Å²) in [6.45, 7) is -0.229. The number of nitrogens with two attached hydrogens (primary N) is 1. The summed E-state index contributed by atoms with van der Waals surface area (Å²) < 4.78 is 10.5. The van der Waals surface area contributed by atoms with Crippen LogP contribution < -0.4 is 10.5 Å². The average molecular weight is 246 g/mol. The molecule has 0 amide bonds. The van der Waals surface area contributed by atoms with Crippen LogP contribution in [0.15, 0.2) is 28.7 Å². The Hall–Kier alpha value is -2.52. The van der Waals surface area contributed by atoms with Gasteiger partial charge in [-0.05, 0) is 12.1 Å². The minimum Gasteiger partial charge on any atom is -0.486 e. The van der Waals surface area contributed by atoms with Crippen LogP contribution in [0.5, 0.6) is 5.75 Å².